The summed E-state index contributed by atoms with van der Waals surface area (Å²) in [5.41, 5.74) is 5.52. The molecule has 1 aromatic carbocycles. The summed E-state index contributed by atoms with van der Waals surface area (Å²) in [6, 6.07) is 2.03. The maximum atomic E-state index is 13.1. The van der Waals surface area contributed by atoms with Crippen molar-refractivity contribution in [1.82, 2.24) is 0 Å². The third kappa shape index (κ3) is 2.42. The van der Waals surface area contributed by atoms with Crippen molar-refractivity contribution in [3.05, 3.63) is 23.5 Å². The highest BCUT2D eigenvalue weighted by molar-refractivity contribution is 5.96. The molecule has 5 heteroatoms. The summed E-state index contributed by atoms with van der Waals surface area (Å²) >= 11 is 0. The molecule has 0 aromatic heterocycles. The zero-order valence-electron chi connectivity index (χ0n) is 8.62. The Bertz CT molecular complexity index is 451. The second kappa shape index (κ2) is 5.03. The zero-order valence-corrected chi connectivity index (χ0v) is 8.62. The smallest absolute Gasteiger partial charge is 0.340 e. The first-order valence-corrected chi connectivity index (χ1v) is 4.33. The molecular formula is C11H10FNO3. The van der Waals surface area contributed by atoms with Crippen LogP contribution in [0.25, 0.3) is 0 Å². The highest BCUT2D eigenvalue weighted by Crippen LogP contribution is 2.27. The number of nitrogens with two attached hydrogens (primary N) is 1. The Hall–Kier alpha value is -2.22. The van der Waals surface area contributed by atoms with Crippen LogP contribution in [-0.4, -0.2) is 19.7 Å². The summed E-state index contributed by atoms with van der Waals surface area (Å²) in [6.45, 7) is -0.0612. The molecule has 0 saturated carbocycles. The number of ether oxygens (including phenoxy) is 2. The number of esters is 1. The fourth-order valence-electron chi connectivity index (χ4n) is 1.11. The molecule has 0 heterocycles. The van der Waals surface area contributed by atoms with Gasteiger partial charge in [-0.15, -0.1) is 6.42 Å². The van der Waals surface area contributed by atoms with E-state index in [1.807, 2.05) is 0 Å². The predicted octanol–water partition coefficient (Wildman–Crippen LogP) is 1.21. The summed E-state index contributed by atoms with van der Waals surface area (Å²) in [5, 5.41) is 0. The predicted molar refractivity (Wildman–Crippen MR) is 56.5 cm³/mol. The maximum absolute atomic E-state index is 13.1. The van der Waals surface area contributed by atoms with E-state index < -0.39 is 11.8 Å². The number of hydrogen-bond acceptors (Lipinski definition) is 4. The van der Waals surface area contributed by atoms with Crippen molar-refractivity contribution in [3.63, 3.8) is 0 Å². The topological polar surface area (TPSA) is 61.5 Å². The van der Waals surface area contributed by atoms with E-state index in [0.29, 0.717) is 0 Å². The fourth-order valence-corrected chi connectivity index (χ4v) is 1.11. The molecule has 0 radical (unpaired) electrons. The first-order valence-electron chi connectivity index (χ1n) is 4.33. The second-order valence-corrected chi connectivity index (χ2v) is 2.85. The molecule has 0 unspecified atom stereocenters. The summed E-state index contributed by atoms with van der Waals surface area (Å²) in [5.74, 6) is 0.850. The zero-order chi connectivity index (χ0) is 12.1. The molecule has 0 bridgehead atoms. The summed E-state index contributed by atoms with van der Waals surface area (Å²) < 4.78 is 22.6. The summed E-state index contributed by atoms with van der Waals surface area (Å²) in [7, 11) is 1.18. The molecule has 4 nitrogen and oxygen atoms in total. The Morgan fingerprint density at radius 3 is 2.88 bits per heavy atom. The van der Waals surface area contributed by atoms with Crippen molar-refractivity contribution < 1.29 is 18.7 Å². The van der Waals surface area contributed by atoms with Crippen molar-refractivity contribution >= 4 is 11.7 Å². The minimum atomic E-state index is -0.734. The molecule has 84 valence electrons. The van der Waals surface area contributed by atoms with Crippen LogP contribution < -0.4 is 10.5 Å². The van der Waals surface area contributed by atoms with Crippen LogP contribution in [0.1, 0.15) is 10.4 Å². The van der Waals surface area contributed by atoms with E-state index in [0.717, 1.165) is 12.1 Å². The van der Waals surface area contributed by atoms with Gasteiger partial charge in [0.2, 0.25) is 0 Å². The van der Waals surface area contributed by atoms with Gasteiger partial charge in [-0.3, -0.25) is 0 Å². The van der Waals surface area contributed by atoms with E-state index in [1.54, 1.807) is 0 Å². The Labute approximate surface area is 92.1 Å². The number of halogens is 1. The van der Waals surface area contributed by atoms with Gasteiger partial charge >= 0.3 is 5.97 Å². The first-order chi connectivity index (χ1) is 7.60. The summed E-state index contributed by atoms with van der Waals surface area (Å²) in [6.07, 6.45) is 4.99. The van der Waals surface area contributed by atoms with Crippen molar-refractivity contribution in [1.29, 1.82) is 0 Å². The average Bonchev–Trinajstić information content (AvgIpc) is 2.28. The van der Waals surface area contributed by atoms with Gasteiger partial charge in [-0.05, 0) is 6.07 Å². The number of nitrogen functional groups attached to an aromatic ring is 1. The lowest BCUT2D eigenvalue weighted by atomic mass is 10.1. The van der Waals surface area contributed by atoms with Gasteiger partial charge in [0.1, 0.15) is 18.2 Å². The van der Waals surface area contributed by atoms with Crippen molar-refractivity contribution in [3.8, 4) is 18.1 Å². The number of methoxy groups -OCH3 is 1. The van der Waals surface area contributed by atoms with E-state index in [-0.39, 0.29) is 23.6 Å². The lowest BCUT2D eigenvalue weighted by molar-refractivity contribution is 0.0601. The molecule has 0 fully saturated rings. The van der Waals surface area contributed by atoms with Crippen LogP contribution >= 0.6 is 0 Å². The minimum Gasteiger partial charge on any atom is -0.479 e. The Balaban J connectivity index is 3.16. The van der Waals surface area contributed by atoms with Gasteiger partial charge in [-0.25, -0.2) is 9.18 Å². The molecule has 0 atom stereocenters. The van der Waals surface area contributed by atoms with Crippen LogP contribution in [0.4, 0.5) is 10.1 Å². The highest BCUT2D eigenvalue weighted by Gasteiger charge is 2.16. The van der Waals surface area contributed by atoms with Crippen LogP contribution in [-0.2, 0) is 4.74 Å². The Morgan fingerprint density at radius 1 is 1.62 bits per heavy atom. The standard InChI is InChI=1S/C11H10FNO3/c1-3-4-16-9-6-7(12)5-8(10(9)13)11(14)15-2/h1,5-6H,4,13H2,2H3. The third-order valence-electron chi connectivity index (χ3n) is 1.82. The third-order valence-corrected chi connectivity index (χ3v) is 1.82. The molecule has 0 amide bonds. The van der Waals surface area contributed by atoms with Crippen molar-refractivity contribution in [2.75, 3.05) is 19.5 Å². The van der Waals surface area contributed by atoms with Crippen LogP contribution in [0.3, 0.4) is 0 Å². The number of benzene rings is 1. The van der Waals surface area contributed by atoms with Gasteiger partial charge in [-0.2, -0.15) is 0 Å². The van der Waals surface area contributed by atoms with Gasteiger partial charge < -0.3 is 15.2 Å². The molecule has 0 aliphatic heterocycles. The molecule has 16 heavy (non-hydrogen) atoms. The molecule has 1 rings (SSSR count). The Kier molecular flexibility index (Phi) is 3.72. The number of anilines is 1. The number of carbonyl (C=O) groups excluding carboxylic acids is 1. The molecule has 0 aliphatic rings. The number of hydrogen-bond donors (Lipinski definition) is 1. The van der Waals surface area contributed by atoms with E-state index in [2.05, 4.69) is 10.7 Å². The average molecular weight is 223 g/mol. The highest BCUT2D eigenvalue weighted by atomic mass is 19.1. The van der Waals surface area contributed by atoms with Crippen LogP contribution in [0, 0.1) is 18.2 Å². The number of rotatable bonds is 3. The van der Waals surface area contributed by atoms with Crippen molar-refractivity contribution in [2.24, 2.45) is 0 Å². The molecule has 0 aliphatic carbocycles. The van der Waals surface area contributed by atoms with Gasteiger partial charge in [-0.1, -0.05) is 5.92 Å². The minimum absolute atomic E-state index is 0.00324. The van der Waals surface area contributed by atoms with E-state index >= 15 is 0 Å². The van der Waals surface area contributed by atoms with Crippen LogP contribution in [0.2, 0.25) is 0 Å². The van der Waals surface area contributed by atoms with Gasteiger partial charge in [0.25, 0.3) is 0 Å². The Morgan fingerprint density at radius 2 is 2.31 bits per heavy atom. The van der Waals surface area contributed by atoms with Gasteiger partial charge in [0.05, 0.1) is 18.4 Å². The SMILES string of the molecule is C#CCOc1cc(F)cc(C(=O)OC)c1N. The van der Waals surface area contributed by atoms with Crippen LogP contribution in [0.5, 0.6) is 5.75 Å². The lowest BCUT2D eigenvalue weighted by Crippen LogP contribution is -2.08. The number of terminal acetylenes is 1. The molecule has 0 saturated heterocycles. The molecular weight excluding hydrogens is 213 g/mol. The first kappa shape index (κ1) is 11.9. The van der Waals surface area contributed by atoms with Crippen LogP contribution in [0.15, 0.2) is 12.1 Å². The lowest BCUT2D eigenvalue weighted by Gasteiger charge is -2.09. The second-order valence-electron chi connectivity index (χ2n) is 2.85. The fraction of sp³-hybridized carbons (Fsp3) is 0.182. The summed E-state index contributed by atoms with van der Waals surface area (Å²) in [4.78, 5) is 11.2. The van der Waals surface area contributed by atoms with Crippen molar-refractivity contribution in [2.45, 2.75) is 0 Å². The van der Waals surface area contributed by atoms with E-state index in [4.69, 9.17) is 16.9 Å². The maximum Gasteiger partial charge on any atom is 0.340 e. The normalized spacial score (nSPS) is 9.31. The van der Waals surface area contributed by atoms with Gasteiger partial charge in [0, 0.05) is 6.07 Å². The van der Waals surface area contributed by atoms with E-state index in [1.165, 1.54) is 7.11 Å². The largest absolute Gasteiger partial charge is 0.479 e. The molecule has 1 aromatic rings. The number of carbonyl (C=O) groups is 1. The monoisotopic (exact) mass is 223 g/mol. The van der Waals surface area contributed by atoms with Gasteiger partial charge in [0.15, 0.2) is 0 Å². The molecule has 2 N–H and O–H groups in total. The molecule has 0 spiro atoms. The quantitative estimate of drug-likeness (QED) is 0.475. The van der Waals surface area contributed by atoms with E-state index in [9.17, 15) is 9.18 Å².